The quantitative estimate of drug-likeness (QED) is 0.428. The molecule has 0 aliphatic heterocycles. The molecule has 0 radical (unpaired) electrons. The number of hydrogen-bond donors (Lipinski definition) is 0. The molecule has 0 aliphatic carbocycles. The van der Waals surface area contributed by atoms with Crippen molar-refractivity contribution in [3.8, 4) is 22.8 Å². The summed E-state index contributed by atoms with van der Waals surface area (Å²) in [5.74, 6) is 0.334. The lowest BCUT2D eigenvalue weighted by molar-refractivity contribution is 0.208. The minimum absolute atomic E-state index is 0.213. The summed E-state index contributed by atoms with van der Waals surface area (Å²) >= 11 is 1.55. The summed E-state index contributed by atoms with van der Waals surface area (Å²) in [6, 6.07) is 14.6. The van der Waals surface area contributed by atoms with E-state index in [1.165, 1.54) is 18.0 Å². The van der Waals surface area contributed by atoms with E-state index in [1.807, 2.05) is 0 Å². The predicted octanol–water partition coefficient (Wildman–Crippen LogP) is 5.26. The van der Waals surface area contributed by atoms with E-state index < -0.39 is 0 Å². The van der Waals surface area contributed by atoms with Gasteiger partial charge in [0.2, 0.25) is 5.88 Å². The molecule has 0 atom stereocenters. The fourth-order valence-electron chi connectivity index (χ4n) is 2.75. The third-order valence-corrected chi connectivity index (χ3v) is 5.00. The summed E-state index contributed by atoms with van der Waals surface area (Å²) in [6.07, 6.45) is 1.49. The summed E-state index contributed by atoms with van der Waals surface area (Å²) in [6.45, 7) is 2.53. The second kappa shape index (κ2) is 7.72. The van der Waals surface area contributed by atoms with Crippen molar-refractivity contribution >= 4 is 21.6 Å². The van der Waals surface area contributed by atoms with Crippen LogP contribution in [0.2, 0.25) is 0 Å². The Hall–Kier alpha value is -2.99. The molecule has 0 amide bonds. The largest absolute Gasteiger partial charge is 0.487 e. The van der Waals surface area contributed by atoms with Gasteiger partial charge in [0, 0.05) is 10.9 Å². The number of ether oxygens (including phenoxy) is 2. The second-order valence-electron chi connectivity index (χ2n) is 6.00. The zero-order chi connectivity index (χ0) is 18.6. The third-order valence-electron chi connectivity index (χ3n) is 4.11. The van der Waals surface area contributed by atoms with Crippen LogP contribution in [-0.4, -0.2) is 23.2 Å². The fourth-order valence-corrected chi connectivity index (χ4v) is 3.66. The van der Waals surface area contributed by atoms with E-state index in [1.54, 1.807) is 29.5 Å². The maximum atomic E-state index is 13.6. The van der Waals surface area contributed by atoms with Crippen LogP contribution in [-0.2, 0) is 0 Å². The van der Waals surface area contributed by atoms with Crippen LogP contribution in [0.5, 0.6) is 11.6 Å². The van der Waals surface area contributed by atoms with E-state index in [0.29, 0.717) is 5.88 Å². The van der Waals surface area contributed by atoms with Gasteiger partial charge in [0.1, 0.15) is 24.4 Å². The van der Waals surface area contributed by atoms with Gasteiger partial charge in [0.25, 0.3) is 0 Å². The molecule has 136 valence electrons. The predicted molar refractivity (Wildman–Crippen MR) is 105 cm³/mol. The van der Waals surface area contributed by atoms with Gasteiger partial charge in [-0.05, 0) is 24.6 Å². The van der Waals surface area contributed by atoms with E-state index in [-0.39, 0.29) is 24.8 Å². The van der Waals surface area contributed by atoms with Crippen molar-refractivity contribution in [1.82, 2.24) is 9.97 Å². The van der Waals surface area contributed by atoms with E-state index >= 15 is 0 Å². The van der Waals surface area contributed by atoms with Gasteiger partial charge in [-0.25, -0.2) is 14.4 Å². The number of benzene rings is 2. The summed E-state index contributed by atoms with van der Waals surface area (Å²) in [7, 11) is 0. The van der Waals surface area contributed by atoms with Gasteiger partial charge in [-0.1, -0.05) is 42.0 Å². The lowest BCUT2D eigenvalue weighted by Crippen LogP contribution is -2.10. The molecule has 4 rings (SSSR count). The Balaban J connectivity index is 1.52. The van der Waals surface area contributed by atoms with Crippen molar-refractivity contribution in [2.45, 2.75) is 6.92 Å². The SMILES string of the molecule is Cc1ccc(-c2csc3ncnc(OCCOc4ccccc4F)c23)cc1. The Kier molecular flexibility index (Phi) is 4.98. The number of para-hydroxylation sites is 1. The average molecular weight is 380 g/mol. The summed E-state index contributed by atoms with van der Waals surface area (Å²) in [5, 5.41) is 2.95. The average Bonchev–Trinajstić information content (AvgIpc) is 3.12. The van der Waals surface area contributed by atoms with Crippen molar-refractivity contribution in [3.63, 3.8) is 0 Å². The maximum absolute atomic E-state index is 13.6. The molecule has 2 heterocycles. The van der Waals surface area contributed by atoms with Crippen LogP contribution in [0.15, 0.2) is 60.2 Å². The molecule has 0 unspecified atom stereocenters. The highest BCUT2D eigenvalue weighted by atomic mass is 32.1. The van der Waals surface area contributed by atoms with E-state index in [2.05, 4.69) is 46.5 Å². The molecule has 2 aromatic carbocycles. The highest BCUT2D eigenvalue weighted by Gasteiger charge is 2.14. The van der Waals surface area contributed by atoms with E-state index in [4.69, 9.17) is 9.47 Å². The molecule has 4 nitrogen and oxygen atoms in total. The van der Waals surface area contributed by atoms with Gasteiger partial charge in [-0.15, -0.1) is 11.3 Å². The van der Waals surface area contributed by atoms with E-state index in [9.17, 15) is 4.39 Å². The van der Waals surface area contributed by atoms with E-state index in [0.717, 1.165) is 21.3 Å². The van der Waals surface area contributed by atoms with Crippen molar-refractivity contribution in [1.29, 1.82) is 0 Å². The van der Waals surface area contributed by atoms with Crippen molar-refractivity contribution in [3.05, 3.63) is 71.6 Å². The lowest BCUT2D eigenvalue weighted by Gasteiger charge is -2.10. The Morgan fingerprint density at radius 2 is 1.74 bits per heavy atom. The normalized spacial score (nSPS) is 10.9. The van der Waals surface area contributed by atoms with Gasteiger partial charge in [-0.3, -0.25) is 0 Å². The highest BCUT2D eigenvalue weighted by Crippen LogP contribution is 2.37. The number of fused-ring (bicyclic) bond motifs is 1. The summed E-state index contributed by atoms with van der Waals surface area (Å²) < 4.78 is 24.9. The summed E-state index contributed by atoms with van der Waals surface area (Å²) in [4.78, 5) is 9.49. The van der Waals surface area contributed by atoms with Crippen LogP contribution in [0, 0.1) is 12.7 Å². The van der Waals surface area contributed by atoms with Gasteiger partial charge in [0.15, 0.2) is 11.6 Å². The molecule has 0 spiro atoms. The lowest BCUT2D eigenvalue weighted by atomic mass is 10.0. The van der Waals surface area contributed by atoms with Crippen LogP contribution in [0.25, 0.3) is 21.3 Å². The van der Waals surface area contributed by atoms with Gasteiger partial charge in [-0.2, -0.15) is 0 Å². The van der Waals surface area contributed by atoms with Crippen LogP contribution in [0.3, 0.4) is 0 Å². The topological polar surface area (TPSA) is 44.2 Å². The Bertz CT molecular complexity index is 1060. The number of thiophene rings is 1. The molecule has 0 fully saturated rings. The fraction of sp³-hybridized carbons (Fsp3) is 0.143. The molecule has 6 heteroatoms. The summed E-state index contributed by atoms with van der Waals surface area (Å²) in [5.41, 5.74) is 3.34. The second-order valence-corrected chi connectivity index (χ2v) is 6.86. The number of aromatic nitrogens is 2. The first-order valence-electron chi connectivity index (χ1n) is 8.52. The molecule has 0 saturated heterocycles. The van der Waals surface area contributed by atoms with Crippen LogP contribution in [0.4, 0.5) is 4.39 Å². The van der Waals surface area contributed by atoms with Crippen molar-refractivity contribution in [2.75, 3.05) is 13.2 Å². The van der Waals surface area contributed by atoms with Crippen molar-refractivity contribution in [2.24, 2.45) is 0 Å². The number of halogens is 1. The smallest absolute Gasteiger partial charge is 0.226 e. The number of hydrogen-bond acceptors (Lipinski definition) is 5. The van der Waals surface area contributed by atoms with Gasteiger partial charge in [0.05, 0.1) is 5.39 Å². The number of aryl methyl sites for hydroxylation is 1. The highest BCUT2D eigenvalue weighted by molar-refractivity contribution is 7.17. The molecule has 0 bridgehead atoms. The zero-order valence-corrected chi connectivity index (χ0v) is 15.5. The Labute approximate surface area is 160 Å². The molecule has 0 N–H and O–H groups in total. The molecule has 2 aromatic heterocycles. The Morgan fingerprint density at radius 1 is 0.963 bits per heavy atom. The van der Waals surface area contributed by atoms with Gasteiger partial charge >= 0.3 is 0 Å². The molecule has 4 aromatic rings. The standard InChI is InChI=1S/C21H17FN2O2S/c1-14-6-8-15(9-7-14)16-12-27-21-19(16)20(23-13-24-21)26-11-10-25-18-5-3-2-4-17(18)22/h2-9,12-13H,10-11H2,1H3. The van der Waals surface area contributed by atoms with Crippen LogP contribution >= 0.6 is 11.3 Å². The Morgan fingerprint density at radius 3 is 2.56 bits per heavy atom. The van der Waals surface area contributed by atoms with Crippen molar-refractivity contribution < 1.29 is 13.9 Å². The molecule has 0 saturated carbocycles. The monoisotopic (exact) mass is 380 g/mol. The van der Waals surface area contributed by atoms with Gasteiger partial charge < -0.3 is 9.47 Å². The minimum Gasteiger partial charge on any atom is -0.487 e. The maximum Gasteiger partial charge on any atom is 0.226 e. The minimum atomic E-state index is -0.388. The first-order valence-corrected chi connectivity index (χ1v) is 9.40. The third kappa shape index (κ3) is 3.75. The zero-order valence-electron chi connectivity index (χ0n) is 14.7. The van der Waals surface area contributed by atoms with Crippen LogP contribution < -0.4 is 9.47 Å². The number of nitrogens with zero attached hydrogens (tertiary/aromatic N) is 2. The van der Waals surface area contributed by atoms with Crippen LogP contribution in [0.1, 0.15) is 5.56 Å². The molecule has 27 heavy (non-hydrogen) atoms. The molecular weight excluding hydrogens is 363 g/mol. The molecular formula is C21H17FN2O2S. The first-order chi connectivity index (χ1) is 13.2. The molecule has 0 aliphatic rings. The number of rotatable bonds is 6. The first kappa shape index (κ1) is 17.4.